The van der Waals surface area contributed by atoms with Crippen molar-refractivity contribution in [3.05, 3.63) is 53.6 Å². The highest BCUT2D eigenvalue weighted by molar-refractivity contribution is 8.13. The second-order valence-electron chi connectivity index (χ2n) is 7.19. The minimum Gasteiger partial charge on any atom is -0.379 e. The molecule has 2 aliphatic heterocycles. The molecule has 7 heteroatoms. The molecule has 0 radical (unpaired) electrons. The van der Waals surface area contributed by atoms with E-state index in [1.54, 1.807) is 11.8 Å². The molecule has 0 amide bonds. The SMILES string of the molecule is CC(C)c1nc(N2CC3CSC(N)=NC3(c3ccccc3)C2)ncc1F. The van der Waals surface area contributed by atoms with Crippen LogP contribution in [0.2, 0.25) is 0 Å². The first kappa shape index (κ1) is 17.3. The maximum absolute atomic E-state index is 14.0. The first-order valence-corrected chi connectivity index (χ1v) is 9.79. The quantitative estimate of drug-likeness (QED) is 0.898. The molecule has 0 saturated carbocycles. The summed E-state index contributed by atoms with van der Waals surface area (Å²) < 4.78 is 14.0. The summed E-state index contributed by atoms with van der Waals surface area (Å²) in [5.41, 5.74) is 7.31. The Balaban J connectivity index is 1.74. The number of aliphatic imine (C=N–C) groups is 1. The number of amidine groups is 1. The van der Waals surface area contributed by atoms with E-state index in [1.165, 1.54) is 6.20 Å². The van der Waals surface area contributed by atoms with Crippen molar-refractivity contribution in [2.24, 2.45) is 16.6 Å². The molecular weight excluding hydrogens is 349 g/mol. The second-order valence-corrected chi connectivity index (χ2v) is 8.23. The molecule has 0 spiro atoms. The number of nitrogens with zero attached hydrogens (tertiary/aromatic N) is 4. The summed E-state index contributed by atoms with van der Waals surface area (Å²) >= 11 is 1.60. The van der Waals surface area contributed by atoms with Crippen molar-refractivity contribution >= 4 is 22.9 Å². The number of nitrogens with two attached hydrogens (primary N) is 1. The van der Waals surface area contributed by atoms with Crippen LogP contribution in [0.4, 0.5) is 10.3 Å². The summed E-state index contributed by atoms with van der Waals surface area (Å²) in [7, 11) is 0. The molecule has 5 nitrogen and oxygen atoms in total. The van der Waals surface area contributed by atoms with Gasteiger partial charge in [0.25, 0.3) is 0 Å². The number of benzene rings is 1. The van der Waals surface area contributed by atoms with Gasteiger partial charge in [-0.15, -0.1) is 0 Å². The number of hydrogen-bond acceptors (Lipinski definition) is 6. The topological polar surface area (TPSA) is 67.4 Å². The molecule has 0 bridgehead atoms. The Bertz CT molecular complexity index is 841. The molecule has 4 rings (SSSR count). The predicted molar refractivity (Wildman–Crippen MR) is 104 cm³/mol. The number of aromatic nitrogens is 2. The van der Waals surface area contributed by atoms with E-state index in [-0.39, 0.29) is 11.7 Å². The maximum atomic E-state index is 14.0. The average Bonchev–Trinajstić information content (AvgIpc) is 3.02. The van der Waals surface area contributed by atoms with E-state index in [1.807, 2.05) is 32.0 Å². The molecule has 2 aliphatic rings. The maximum Gasteiger partial charge on any atom is 0.225 e. The molecule has 26 heavy (non-hydrogen) atoms. The highest BCUT2D eigenvalue weighted by Gasteiger charge is 2.50. The fraction of sp³-hybridized carbons (Fsp3) is 0.421. The van der Waals surface area contributed by atoms with Crippen LogP contribution in [-0.4, -0.2) is 34.0 Å². The zero-order valence-corrected chi connectivity index (χ0v) is 15.7. The molecule has 2 N–H and O–H groups in total. The second kappa shape index (κ2) is 6.54. The Morgan fingerprint density at radius 2 is 2.08 bits per heavy atom. The third kappa shape index (κ3) is 2.84. The number of halogens is 1. The molecule has 1 aromatic carbocycles. The molecular formula is C19H22FN5S. The van der Waals surface area contributed by atoms with E-state index in [0.717, 1.165) is 17.9 Å². The summed E-state index contributed by atoms with van der Waals surface area (Å²) in [5.74, 6) is 1.43. The van der Waals surface area contributed by atoms with Crippen molar-refractivity contribution in [1.29, 1.82) is 0 Å². The molecule has 2 atom stereocenters. The minimum atomic E-state index is -0.396. The van der Waals surface area contributed by atoms with Gasteiger partial charge in [0.05, 0.1) is 18.4 Å². The van der Waals surface area contributed by atoms with Crippen LogP contribution in [0.5, 0.6) is 0 Å². The first-order chi connectivity index (χ1) is 12.5. The van der Waals surface area contributed by atoms with Crippen LogP contribution in [-0.2, 0) is 5.54 Å². The van der Waals surface area contributed by atoms with Crippen molar-refractivity contribution in [1.82, 2.24) is 9.97 Å². The fourth-order valence-corrected chi connectivity index (χ4v) is 4.81. The monoisotopic (exact) mass is 371 g/mol. The third-order valence-electron chi connectivity index (χ3n) is 5.15. The van der Waals surface area contributed by atoms with Crippen molar-refractivity contribution in [2.75, 3.05) is 23.7 Å². The fourth-order valence-electron chi connectivity index (χ4n) is 3.83. The van der Waals surface area contributed by atoms with E-state index >= 15 is 0 Å². The standard InChI is InChI=1S/C19H22FN5S/c1-12(2)16-15(20)8-22-18(23-16)25-9-14-10-26-17(21)24-19(14,11-25)13-6-4-3-5-7-13/h3-8,12,14H,9-11H2,1-2H3,(H2,21,24). The van der Waals surface area contributed by atoms with Gasteiger partial charge in [-0.25, -0.2) is 19.4 Å². The van der Waals surface area contributed by atoms with Crippen molar-refractivity contribution < 1.29 is 4.39 Å². The lowest BCUT2D eigenvalue weighted by Crippen LogP contribution is -2.40. The highest BCUT2D eigenvalue weighted by Crippen LogP contribution is 2.46. The average molecular weight is 371 g/mol. The lowest BCUT2D eigenvalue weighted by molar-refractivity contribution is 0.387. The van der Waals surface area contributed by atoms with Crippen LogP contribution in [0, 0.1) is 11.7 Å². The van der Waals surface area contributed by atoms with Gasteiger partial charge < -0.3 is 10.6 Å². The van der Waals surface area contributed by atoms with Gasteiger partial charge in [-0.2, -0.15) is 0 Å². The number of fused-ring (bicyclic) bond motifs is 1. The Hall–Kier alpha value is -2.15. The molecule has 2 unspecified atom stereocenters. The number of thioether (sulfide) groups is 1. The molecule has 2 aromatic rings. The van der Waals surface area contributed by atoms with Crippen molar-refractivity contribution in [3.63, 3.8) is 0 Å². The van der Waals surface area contributed by atoms with Crippen molar-refractivity contribution in [2.45, 2.75) is 25.3 Å². The Morgan fingerprint density at radius 1 is 1.31 bits per heavy atom. The largest absolute Gasteiger partial charge is 0.379 e. The zero-order chi connectivity index (χ0) is 18.3. The van der Waals surface area contributed by atoms with Gasteiger partial charge in [0.1, 0.15) is 5.54 Å². The summed E-state index contributed by atoms with van der Waals surface area (Å²) in [6.07, 6.45) is 1.28. The smallest absolute Gasteiger partial charge is 0.225 e. The van der Waals surface area contributed by atoms with Gasteiger partial charge in [0.15, 0.2) is 11.0 Å². The van der Waals surface area contributed by atoms with E-state index in [0.29, 0.717) is 29.3 Å². The number of anilines is 1. The molecule has 3 heterocycles. The Labute approximate surface area is 156 Å². The Morgan fingerprint density at radius 3 is 2.81 bits per heavy atom. The Kier molecular flexibility index (Phi) is 4.34. The van der Waals surface area contributed by atoms with Gasteiger partial charge in [0, 0.05) is 18.2 Å². The highest BCUT2D eigenvalue weighted by atomic mass is 32.2. The molecule has 1 aromatic heterocycles. The molecule has 136 valence electrons. The van der Waals surface area contributed by atoms with Crippen LogP contribution in [0.1, 0.15) is 31.0 Å². The van der Waals surface area contributed by atoms with Crippen LogP contribution in [0.25, 0.3) is 0 Å². The number of hydrogen-bond donors (Lipinski definition) is 1. The van der Waals surface area contributed by atoms with E-state index in [4.69, 9.17) is 10.7 Å². The van der Waals surface area contributed by atoms with Gasteiger partial charge in [-0.1, -0.05) is 55.9 Å². The predicted octanol–water partition coefficient (Wildman–Crippen LogP) is 3.13. The number of rotatable bonds is 3. The van der Waals surface area contributed by atoms with Crippen LogP contribution < -0.4 is 10.6 Å². The minimum absolute atomic E-state index is 0.00827. The van der Waals surface area contributed by atoms with E-state index < -0.39 is 5.54 Å². The molecule has 1 saturated heterocycles. The summed E-state index contributed by atoms with van der Waals surface area (Å²) in [5, 5.41) is 0.620. The normalized spacial score (nSPS) is 25.3. The van der Waals surface area contributed by atoms with Crippen LogP contribution >= 0.6 is 11.8 Å². The van der Waals surface area contributed by atoms with Crippen molar-refractivity contribution in [3.8, 4) is 0 Å². The lowest BCUT2D eigenvalue weighted by Gasteiger charge is -2.34. The van der Waals surface area contributed by atoms with Gasteiger partial charge in [-0.3, -0.25) is 0 Å². The van der Waals surface area contributed by atoms with E-state index in [9.17, 15) is 4.39 Å². The first-order valence-electron chi connectivity index (χ1n) is 8.80. The van der Waals surface area contributed by atoms with Gasteiger partial charge in [-0.05, 0) is 11.5 Å². The van der Waals surface area contributed by atoms with Gasteiger partial charge >= 0.3 is 0 Å². The van der Waals surface area contributed by atoms with Crippen LogP contribution in [0.15, 0.2) is 41.5 Å². The summed E-state index contributed by atoms with van der Waals surface area (Å²) in [6, 6.07) is 10.3. The summed E-state index contributed by atoms with van der Waals surface area (Å²) in [4.78, 5) is 15.8. The zero-order valence-electron chi connectivity index (χ0n) is 14.9. The van der Waals surface area contributed by atoms with Gasteiger partial charge in [0.2, 0.25) is 5.95 Å². The molecule has 1 fully saturated rings. The van der Waals surface area contributed by atoms with Crippen LogP contribution in [0.3, 0.4) is 0 Å². The molecule has 0 aliphatic carbocycles. The third-order valence-corrected chi connectivity index (χ3v) is 6.11. The van der Waals surface area contributed by atoms with E-state index in [2.05, 4.69) is 27.0 Å². The lowest BCUT2D eigenvalue weighted by atomic mass is 9.82. The summed E-state index contributed by atoms with van der Waals surface area (Å²) in [6.45, 7) is 5.30.